The van der Waals surface area contributed by atoms with Gasteiger partial charge in [0.2, 0.25) is 10.0 Å². The van der Waals surface area contributed by atoms with Gasteiger partial charge in [-0.25, -0.2) is 13.4 Å². The van der Waals surface area contributed by atoms with E-state index in [1.807, 2.05) is 0 Å². The van der Waals surface area contributed by atoms with Gasteiger partial charge in [-0.15, -0.1) is 0 Å². The van der Waals surface area contributed by atoms with Crippen LogP contribution in [0.25, 0.3) is 0 Å². The molecule has 0 atom stereocenters. The zero-order valence-corrected chi connectivity index (χ0v) is 12.2. The van der Waals surface area contributed by atoms with Crippen LogP contribution in [0, 0.1) is 0 Å². The molecule has 0 N–H and O–H groups in total. The summed E-state index contributed by atoms with van der Waals surface area (Å²) in [5, 5.41) is 0.164. The number of halogens is 2. The number of hydrogen-bond donors (Lipinski definition) is 0. The molecule has 0 radical (unpaired) electrons. The Morgan fingerprint density at radius 2 is 2.16 bits per heavy atom. The summed E-state index contributed by atoms with van der Waals surface area (Å²) in [6, 6.07) is 2.97. The maximum absolute atomic E-state index is 12.3. The fraction of sp³-hybridized carbons (Fsp3) is 0.182. The monoisotopic (exact) mass is 320 g/mol. The van der Waals surface area contributed by atoms with Gasteiger partial charge in [0.15, 0.2) is 0 Å². The van der Waals surface area contributed by atoms with E-state index < -0.39 is 10.0 Å². The van der Waals surface area contributed by atoms with E-state index in [9.17, 15) is 8.42 Å². The van der Waals surface area contributed by atoms with E-state index in [0.717, 1.165) is 5.56 Å². The van der Waals surface area contributed by atoms with E-state index >= 15 is 0 Å². The summed E-state index contributed by atoms with van der Waals surface area (Å²) >= 11 is 11.4. The van der Waals surface area contributed by atoms with Gasteiger partial charge in [-0.05, 0) is 12.1 Å². The Kier molecular flexibility index (Phi) is 4.15. The lowest BCUT2D eigenvalue weighted by Crippen LogP contribution is -2.26. The number of aromatic nitrogens is 1. The van der Waals surface area contributed by atoms with Crippen molar-refractivity contribution in [1.29, 1.82) is 0 Å². The fourth-order valence-corrected chi connectivity index (χ4v) is 2.92. The molecular weight excluding hydrogens is 311 g/mol. The molecule has 0 aliphatic rings. The first kappa shape index (κ1) is 14.3. The molecule has 8 heteroatoms. The van der Waals surface area contributed by atoms with Gasteiger partial charge in [-0.2, -0.15) is 4.31 Å². The first-order chi connectivity index (χ1) is 8.91. The molecule has 0 aliphatic heterocycles. The molecule has 0 bridgehead atoms. The molecule has 0 spiro atoms. The van der Waals surface area contributed by atoms with Crippen LogP contribution in [0.1, 0.15) is 5.56 Å². The normalized spacial score (nSPS) is 12.0. The predicted octanol–water partition coefficient (Wildman–Crippen LogP) is 2.80. The average molecular weight is 321 g/mol. The van der Waals surface area contributed by atoms with Crippen molar-refractivity contribution in [2.75, 3.05) is 7.05 Å². The highest BCUT2D eigenvalue weighted by Gasteiger charge is 2.22. The molecule has 0 saturated carbocycles. The summed E-state index contributed by atoms with van der Waals surface area (Å²) in [5.41, 5.74) is 0.749. The van der Waals surface area contributed by atoms with Gasteiger partial charge in [0.25, 0.3) is 0 Å². The van der Waals surface area contributed by atoms with Crippen LogP contribution in [-0.4, -0.2) is 24.8 Å². The van der Waals surface area contributed by atoms with Crippen molar-refractivity contribution in [3.05, 3.63) is 46.6 Å². The minimum atomic E-state index is -3.67. The number of furan rings is 1. The van der Waals surface area contributed by atoms with Crippen molar-refractivity contribution in [2.45, 2.75) is 11.4 Å². The van der Waals surface area contributed by atoms with Crippen molar-refractivity contribution >= 4 is 33.2 Å². The first-order valence-electron chi connectivity index (χ1n) is 5.19. The lowest BCUT2D eigenvalue weighted by Gasteiger charge is -2.16. The number of hydrogen-bond acceptors (Lipinski definition) is 4. The molecule has 0 aliphatic carbocycles. The van der Waals surface area contributed by atoms with Crippen LogP contribution in [0.4, 0.5) is 0 Å². The zero-order chi connectivity index (χ0) is 14.0. The molecule has 0 saturated heterocycles. The first-order valence-corrected chi connectivity index (χ1v) is 7.39. The molecule has 2 heterocycles. The van der Waals surface area contributed by atoms with Crippen molar-refractivity contribution in [1.82, 2.24) is 9.29 Å². The van der Waals surface area contributed by atoms with Crippen LogP contribution in [0.15, 0.2) is 40.2 Å². The SMILES string of the molecule is CN(Cc1ccoc1)S(=O)(=O)c1cnc(Cl)c(Cl)c1. The molecule has 2 aromatic heterocycles. The van der Waals surface area contributed by atoms with Gasteiger partial charge in [0.05, 0.1) is 17.5 Å². The molecular formula is C11H10Cl2N2O3S. The summed E-state index contributed by atoms with van der Waals surface area (Å²) in [7, 11) is -2.21. The number of pyridine rings is 1. The predicted molar refractivity (Wildman–Crippen MR) is 71.6 cm³/mol. The molecule has 2 aromatic rings. The highest BCUT2D eigenvalue weighted by molar-refractivity contribution is 7.89. The van der Waals surface area contributed by atoms with Gasteiger partial charge < -0.3 is 4.42 Å². The molecule has 0 unspecified atom stereocenters. The van der Waals surface area contributed by atoms with Crippen LogP contribution in [0.2, 0.25) is 10.2 Å². The Labute approximate surface area is 120 Å². The van der Waals surface area contributed by atoms with Crippen molar-refractivity contribution in [3.63, 3.8) is 0 Å². The van der Waals surface area contributed by atoms with E-state index in [1.165, 1.54) is 36.1 Å². The second-order valence-corrected chi connectivity index (χ2v) is 6.65. The quantitative estimate of drug-likeness (QED) is 0.812. The highest BCUT2D eigenvalue weighted by atomic mass is 35.5. The number of rotatable bonds is 4. The Balaban J connectivity index is 2.28. The summed E-state index contributed by atoms with van der Waals surface area (Å²) < 4.78 is 30.6. The molecule has 2 rings (SSSR count). The molecule has 5 nitrogen and oxygen atoms in total. The van der Waals surface area contributed by atoms with E-state index in [0.29, 0.717) is 0 Å². The maximum Gasteiger partial charge on any atom is 0.244 e. The molecule has 0 fully saturated rings. The van der Waals surface area contributed by atoms with E-state index in [2.05, 4.69) is 4.98 Å². The smallest absolute Gasteiger partial charge is 0.244 e. The van der Waals surface area contributed by atoms with Gasteiger partial charge >= 0.3 is 0 Å². The minimum Gasteiger partial charge on any atom is -0.472 e. The van der Waals surface area contributed by atoms with Gasteiger partial charge in [-0.3, -0.25) is 0 Å². The van der Waals surface area contributed by atoms with Gasteiger partial charge in [-0.1, -0.05) is 23.2 Å². The van der Waals surface area contributed by atoms with Crippen LogP contribution in [0.5, 0.6) is 0 Å². The minimum absolute atomic E-state index is 0.00658. The fourth-order valence-electron chi connectivity index (χ4n) is 1.45. The summed E-state index contributed by atoms with van der Waals surface area (Å²) in [6.45, 7) is 0.194. The highest BCUT2D eigenvalue weighted by Crippen LogP contribution is 2.24. The van der Waals surface area contributed by atoms with Gasteiger partial charge in [0, 0.05) is 25.4 Å². The lowest BCUT2D eigenvalue weighted by atomic mass is 10.3. The Morgan fingerprint density at radius 1 is 1.42 bits per heavy atom. The topological polar surface area (TPSA) is 63.4 Å². The second-order valence-electron chi connectivity index (χ2n) is 3.84. The van der Waals surface area contributed by atoms with Crippen molar-refractivity contribution in [2.24, 2.45) is 0 Å². The maximum atomic E-state index is 12.3. The lowest BCUT2D eigenvalue weighted by molar-refractivity contribution is 0.463. The third kappa shape index (κ3) is 3.09. The third-order valence-corrected chi connectivity index (χ3v) is 4.92. The zero-order valence-electron chi connectivity index (χ0n) is 9.88. The third-order valence-electron chi connectivity index (χ3n) is 2.46. The van der Waals surface area contributed by atoms with Crippen molar-refractivity contribution in [3.8, 4) is 0 Å². The van der Waals surface area contributed by atoms with E-state index in [4.69, 9.17) is 27.6 Å². The van der Waals surface area contributed by atoms with E-state index in [-0.39, 0.29) is 21.6 Å². The summed E-state index contributed by atoms with van der Waals surface area (Å²) in [6.07, 6.45) is 4.14. The van der Waals surface area contributed by atoms with Crippen LogP contribution in [0.3, 0.4) is 0 Å². The average Bonchev–Trinajstić information content (AvgIpc) is 2.85. The molecule has 0 aromatic carbocycles. The molecule has 102 valence electrons. The Hall–Kier alpha value is -1.08. The van der Waals surface area contributed by atoms with Gasteiger partial charge in [0.1, 0.15) is 10.0 Å². The molecule has 19 heavy (non-hydrogen) atoms. The number of nitrogens with zero attached hydrogens (tertiary/aromatic N) is 2. The van der Waals surface area contributed by atoms with E-state index in [1.54, 1.807) is 6.07 Å². The second kappa shape index (κ2) is 5.50. The molecule has 0 amide bonds. The number of sulfonamides is 1. The van der Waals surface area contributed by atoms with Crippen molar-refractivity contribution < 1.29 is 12.8 Å². The van der Waals surface area contributed by atoms with Crippen LogP contribution in [-0.2, 0) is 16.6 Å². The summed E-state index contributed by atoms with van der Waals surface area (Å²) in [5.74, 6) is 0. The van der Waals surface area contributed by atoms with Crippen LogP contribution >= 0.6 is 23.2 Å². The van der Waals surface area contributed by atoms with Crippen LogP contribution < -0.4 is 0 Å². The summed E-state index contributed by atoms with van der Waals surface area (Å²) in [4.78, 5) is 3.73. The Morgan fingerprint density at radius 3 is 2.74 bits per heavy atom. The standard InChI is InChI=1S/C11H10Cl2N2O3S/c1-15(6-8-2-3-18-7-8)19(16,17)9-4-10(12)11(13)14-5-9/h2-5,7H,6H2,1H3. The largest absolute Gasteiger partial charge is 0.472 e. The Bertz CT molecular complexity index is 671.